The van der Waals surface area contributed by atoms with E-state index in [0.29, 0.717) is 11.3 Å². The Morgan fingerprint density at radius 3 is 2.77 bits per heavy atom. The molecule has 140 valence electrons. The average Bonchev–Trinajstić information content (AvgIpc) is 2.83. The highest BCUT2D eigenvalue weighted by molar-refractivity contribution is 14.1. The predicted octanol–water partition coefficient (Wildman–Crippen LogP) is 7.59. The topological polar surface area (TPSA) is 0 Å². The van der Waals surface area contributed by atoms with Crippen molar-refractivity contribution >= 4 is 22.6 Å². The number of fused-ring (bicyclic) bond motifs is 5. The molecule has 0 saturated heterocycles. The van der Waals surface area contributed by atoms with E-state index in [2.05, 4.69) is 87.7 Å². The van der Waals surface area contributed by atoms with Gasteiger partial charge in [0.05, 0.1) is 3.42 Å². The van der Waals surface area contributed by atoms with Gasteiger partial charge in [-0.25, -0.2) is 0 Å². The molecule has 0 aromatic rings. The van der Waals surface area contributed by atoms with E-state index in [1.807, 2.05) is 0 Å². The van der Waals surface area contributed by atoms with Gasteiger partial charge in [0.2, 0.25) is 0 Å². The van der Waals surface area contributed by atoms with Crippen molar-refractivity contribution in [2.45, 2.75) is 63.2 Å². The van der Waals surface area contributed by atoms with Gasteiger partial charge in [0.15, 0.2) is 0 Å². The second kappa shape index (κ2) is 5.96. The Hall–Kier alpha value is -0.570. The Bertz CT molecular complexity index is 765. The van der Waals surface area contributed by atoms with E-state index in [9.17, 15) is 0 Å². The summed E-state index contributed by atoms with van der Waals surface area (Å²) < 4.78 is 0.236. The number of allylic oxidation sites excluding steroid dienone is 8. The second-order valence-electron chi connectivity index (χ2n) is 9.62. The van der Waals surface area contributed by atoms with Crippen LogP contribution in [0.3, 0.4) is 0 Å². The number of alkyl halides is 1. The van der Waals surface area contributed by atoms with Crippen LogP contribution in [0.15, 0.2) is 59.8 Å². The first-order chi connectivity index (χ1) is 12.2. The summed E-state index contributed by atoms with van der Waals surface area (Å²) in [5.41, 5.74) is 6.39. The van der Waals surface area contributed by atoms with Crippen LogP contribution in [0.2, 0.25) is 0 Å². The van der Waals surface area contributed by atoms with Crippen molar-refractivity contribution in [1.82, 2.24) is 0 Å². The van der Waals surface area contributed by atoms with Gasteiger partial charge in [0.1, 0.15) is 0 Å². The van der Waals surface area contributed by atoms with Crippen LogP contribution in [0.4, 0.5) is 0 Å². The van der Waals surface area contributed by atoms with Crippen LogP contribution in [-0.4, -0.2) is 3.42 Å². The summed E-state index contributed by atoms with van der Waals surface area (Å²) in [5.74, 6) is 2.23. The highest BCUT2D eigenvalue weighted by atomic mass is 127. The van der Waals surface area contributed by atoms with Crippen molar-refractivity contribution in [3.63, 3.8) is 0 Å². The minimum Gasteiger partial charge on any atom is -0.0985 e. The maximum Gasteiger partial charge on any atom is 0.0512 e. The van der Waals surface area contributed by atoms with Crippen molar-refractivity contribution in [2.24, 2.45) is 28.6 Å². The Morgan fingerprint density at radius 1 is 1.35 bits per heavy atom. The SMILES string of the molecule is C=C1C=C[C@@]2(C)C(=C1)CCC1C2=CC[C@@]2(C)C1C[C@H](C)[C@]2(I)C(=C)CC. The van der Waals surface area contributed by atoms with Gasteiger partial charge in [-0.1, -0.05) is 97.5 Å². The van der Waals surface area contributed by atoms with E-state index in [-0.39, 0.29) is 8.84 Å². The Labute approximate surface area is 173 Å². The summed E-state index contributed by atoms with van der Waals surface area (Å²) in [6.45, 7) is 18.5. The van der Waals surface area contributed by atoms with Gasteiger partial charge in [-0.15, -0.1) is 0 Å². The third-order valence-corrected chi connectivity index (χ3v) is 11.5. The minimum atomic E-state index is 0.132. The van der Waals surface area contributed by atoms with E-state index in [0.717, 1.165) is 23.8 Å². The molecule has 4 aliphatic carbocycles. The Morgan fingerprint density at radius 2 is 2.08 bits per heavy atom. The van der Waals surface area contributed by atoms with Gasteiger partial charge in [-0.3, -0.25) is 0 Å². The summed E-state index contributed by atoms with van der Waals surface area (Å²) in [7, 11) is 0. The third kappa shape index (κ3) is 2.19. The van der Waals surface area contributed by atoms with Crippen LogP contribution < -0.4 is 0 Å². The molecular formula is C25H33I. The zero-order valence-electron chi connectivity index (χ0n) is 16.9. The van der Waals surface area contributed by atoms with Crippen LogP contribution in [-0.2, 0) is 0 Å². The van der Waals surface area contributed by atoms with Gasteiger partial charge < -0.3 is 0 Å². The molecule has 0 aromatic heterocycles. The lowest BCUT2D eigenvalue weighted by atomic mass is 9.52. The lowest BCUT2D eigenvalue weighted by Gasteiger charge is -2.55. The Kier molecular flexibility index (Phi) is 4.31. The van der Waals surface area contributed by atoms with Crippen molar-refractivity contribution in [3.8, 4) is 0 Å². The zero-order chi connectivity index (χ0) is 18.9. The molecule has 1 heteroatoms. The minimum absolute atomic E-state index is 0.132. The summed E-state index contributed by atoms with van der Waals surface area (Å²) in [4.78, 5) is 0. The van der Waals surface area contributed by atoms with Crippen molar-refractivity contribution in [3.05, 3.63) is 59.8 Å². The average molecular weight is 460 g/mol. The lowest BCUT2D eigenvalue weighted by molar-refractivity contribution is 0.120. The molecule has 0 aliphatic heterocycles. The molecule has 0 nitrogen and oxygen atoms in total. The van der Waals surface area contributed by atoms with Crippen molar-refractivity contribution in [1.29, 1.82) is 0 Å². The first kappa shape index (κ1) is 18.8. The predicted molar refractivity (Wildman–Crippen MR) is 121 cm³/mol. The summed E-state index contributed by atoms with van der Waals surface area (Å²) >= 11 is 2.81. The molecule has 0 heterocycles. The molecule has 0 N–H and O–H groups in total. The first-order valence-electron chi connectivity index (χ1n) is 10.4. The normalized spacial score (nSPS) is 46.8. The fourth-order valence-corrected chi connectivity index (χ4v) is 8.18. The third-order valence-electron chi connectivity index (χ3n) is 8.49. The van der Waals surface area contributed by atoms with E-state index >= 15 is 0 Å². The van der Waals surface area contributed by atoms with Crippen LogP contribution in [0.1, 0.15) is 59.8 Å². The first-order valence-corrected chi connectivity index (χ1v) is 11.4. The molecule has 6 atom stereocenters. The maximum atomic E-state index is 4.55. The van der Waals surface area contributed by atoms with Gasteiger partial charge in [-0.2, -0.15) is 0 Å². The summed E-state index contributed by atoms with van der Waals surface area (Å²) in [5, 5.41) is 0. The molecule has 0 spiro atoms. The molecular weight excluding hydrogens is 427 g/mol. The fourth-order valence-electron chi connectivity index (χ4n) is 6.92. The van der Waals surface area contributed by atoms with Gasteiger partial charge >= 0.3 is 0 Å². The van der Waals surface area contributed by atoms with Crippen LogP contribution in [0.25, 0.3) is 0 Å². The molecule has 2 unspecified atom stereocenters. The molecule has 0 aromatic carbocycles. The van der Waals surface area contributed by atoms with E-state index in [1.54, 1.807) is 11.1 Å². The van der Waals surface area contributed by atoms with Gasteiger partial charge in [0, 0.05) is 5.41 Å². The molecule has 2 saturated carbocycles. The largest absolute Gasteiger partial charge is 0.0985 e. The molecule has 0 radical (unpaired) electrons. The molecule has 0 bridgehead atoms. The van der Waals surface area contributed by atoms with Gasteiger partial charge in [-0.05, 0) is 67.8 Å². The highest BCUT2D eigenvalue weighted by Gasteiger charge is 2.64. The number of hydrogen-bond acceptors (Lipinski definition) is 0. The molecule has 26 heavy (non-hydrogen) atoms. The molecule has 0 amide bonds. The smallest absolute Gasteiger partial charge is 0.0512 e. The van der Waals surface area contributed by atoms with Crippen molar-refractivity contribution in [2.75, 3.05) is 0 Å². The van der Waals surface area contributed by atoms with E-state index in [4.69, 9.17) is 0 Å². The van der Waals surface area contributed by atoms with E-state index < -0.39 is 0 Å². The summed E-state index contributed by atoms with van der Waals surface area (Å²) in [6.07, 6.45) is 15.9. The van der Waals surface area contributed by atoms with Crippen LogP contribution >= 0.6 is 22.6 Å². The molecule has 2 fully saturated rings. The number of hydrogen-bond donors (Lipinski definition) is 0. The standard InChI is InChI=1S/C25H33I/c1-7-17(3)25(26)18(4)15-22-20-9-8-19-14-16(2)10-12-23(19,5)21(20)11-13-24(22,25)6/h10-12,14,18,20,22H,2-3,7-9,13,15H2,1,4-6H3/t18-,20?,22?,23-,24-,25+/m0/s1. The monoisotopic (exact) mass is 460 g/mol. The lowest BCUT2D eigenvalue weighted by Crippen LogP contribution is -2.49. The quantitative estimate of drug-likeness (QED) is 0.226. The van der Waals surface area contributed by atoms with Crippen LogP contribution in [0, 0.1) is 28.6 Å². The fraction of sp³-hybridized carbons (Fsp3) is 0.600. The maximum absolute atomic E-state index is 4.55. The van der Waals surface area contributed by atoms with Crippen molar-refractivity contribution < 1.29 is 0 Å². The second-order valence-corrected chi connectivity index (χ2v) is 11.3. The zero-order valence-corrected chi connectivity index (χ0v) is 19.0. The van der Waals surface area contributed by atoms with Gasteiger partial charge in [0.25, 0.3) is 0 Å². The molecule has 4 rings (SSSR count). The summed E-state index contributed by atoms with van der Waals surface area (Å²) in [6, 6.07) is 0. The molecule has 4 aliphatic rings. The Balaban J connectivity index is 1.79. The van der Waals surface area contributed by atoms with Crippen LogP contribution in [0.5, 0.6) is 0 Å². The number of halogens is 1. The highest BCUT2D eigenvalue weighted by Crippen LogP contribution is 2.70. The number of rotatable bonds is 2. The van der Waals surface area contributed by atoms with E-state index in [1.165, 1.54) is 31.3 Å².